The Bertz CT molecular complexity index is 870. The van der Waals surface area contributed by atoms with Crippen LogP contribution in [0.1, 0.15) is 34.8 Å². The first-order valence-corrected chi connectivity index (χ1v) is 9.53. The number of nitrogens with one attached hydrogen (secondary N) is 1. The average Bonchev–Trinajstić information content (AvgIpc) is 3.24. The molecule has 2 aromatic rings. The molecule has 1 spiro atoms. The van der Waals surface area contributed by atoms with Crippen LogP contribution in [0.15, 0.2) is 24.5 Å². The van der Waals surface area contributed by atoms with Crippen LogP contribution in [-0.4, -0.2) is 68.7 Å². The summed E-state index contributed by atoms with van der Waals surface area (Å²) in [5.74, 6) is 1.02. The lowest BCUT2D eigenvalue weighted by atomic mass is 9.77. The number of hydrogen-bond acceptors (Lipinski definition) is 5. The van der Waals surface area contributed by atoms with Crippen LogP contribution < -0.4 is 5.32 Å². The molecule has 0 aromatic carbocycles. The molecule has 9 heteroatoms. The van der Waals surface area contributed by atoms with Gasteiger partial charge in [0.1, 0.15) is 5.82 Å². The predicted octanol–water partition coefficient (Wildman–Crippen LogP) is 0.923. The van der Waals surface area contributed by atoms with Crippen LogP contribution in [0.4, 0.5) is 4.79 Å². The summed E-state index contributed by atoms with van der Waals surface area (Å²) in [5, 5.41) is 11.3. The second-order valence-electron chi connectivity index (χ2n) is 7.90. The molecule has 0 radical (unpaired) electrons. The number of rotatable bonds is 3. The molecule has 0 bridgehead atoms. The number of hydrogen-bond donors (Lipinski definition) is 1. The molecular formula is C19H25N7O2. The van der Waals surface area contributed by atoms with E-state index >= 15 is 0 Å². The highest BCUT2D eigenvalue weighted by Crippen LogP contribution is 2.41. The molecular weight excluding hydrogens is 358 g/mol. The van der Waals surface area contributed by atoms with E-state index in [-0.39, 0.29) is 17.4 Å². The molecule has 0 unspecified atom stereocenters. The van der Waals surface area contributed by atoms with Crippen LogP contribution in [0.25, 0.3) is 0 Å². The van der Waals surface area contributed by atoms with Gasteiger partial charge < -0.3 is 19.7 Å². The Labute approximate surface area is 163 Å². The van der Waals surface area contributed by atoms with Crippen molar-refractivity contribution in [1.82, 2.24) is 34.9 Å². The first-order valence-electron chi connectivity index (χ1n) is 9.53. The first kappa shape index (κ1) is 18.4. The standard InChI is InChI=1S/C19H25N7O2/c1-24(2)18(28)25-9-5-19(6-10-25)11-15-22-23-16(26(15)13-19)17(27)21-12-14-3-7-20-8-4-14/h3-4,7-8H,5-6,9-13H2,1-2H3,(H,21,27). The average molecular weight is 383 g/mol. The van der Waals surface area contributed by atoms with Crippen LogP contribution in [0.3, 0.4) is 0 Å². The second-order valence-corrected chi connectivity index (χ2v) is 7.90. The molecule has 28 heavy (non-hydrogen) atoms. The van der Waals surface area contributed by atoms with Crippen molar-refractivity contribution < 1.29 is 9.59 Å². The summed E-state index contributed by atoms with van der Waals surface area (Å²) in [6.07, 6.45) is 6.03. The zero-order valence-electron chi connectivity index (χ0n) is 16.3. The maximum absolute atomic E-state index is 12.6. The van der Waals surface area contributed by atoms with E-state index in [0.717, 1.165) is 50.3 Å². The monoisotopic (exact) mass is 383 g/mol. The van der Waals surface area contributed by atoms with Crippen molar-refractivity contribution in [3.05, 3.63) is 41.7 Å². The molecule has 1 saturated heterocycles. The number of aromatic nitrogens is 4. The minimum atomic E-state index is -0.215. The Morgan fingerprint density at radius 1 is 1.18 bits per heavy atom. The molecule has 2 aliphatic heterocycles. The number of nitrogens with zero attached hydrogens (tertiary/aromatic N) is 6. The van der Waals surface area contributed by atoms with Crippen LogP contribution in [-0.2, 0) is 19.5 Å². The fourth-order valence-corrected chi connectivity index (χ4v) is 4.08. The Hall–Kier alpha value is -2.97. The Morgan fingerprint density at radius 2 is 1.89 bits per heavy atom. The van der Waals surface area contributed by atoms with Gasteiger partial charge in [-0.15, -0.1) is 10.2 Å². The summed E-state index contributed by atoms with van der Waals surface area (Å²) in [7, 11) is 3.56. The lowest BCUT2D eigenvalue weighted by Gasteiger charge is -2.39. The number of fused-ring (bicyclic) bond motifs is 1. The summed E-state index contributed by atoms with van der Waals surface area (Å²) in [5.41, 5.74) is 1.05. The first-order chi connectivity index (χ1) is 13.5. The van der Waals surface area contributed by atoms with Gasteiger partial charge >= 0.3 is 6.03 Å². The SMILES string of the molecule is CN(C)C(=O)N1CCC2(CC1)Cc1nnc(C(=O)NCc3ccncc3)n1C2. The highest BCUT2D eigenvalue weighted by molar-refractivity contribution is 5.90. The van der Waals surface area contributed by atoms with Gasteiger partial charge in [0.2, 0.25) is 5.82 Å². The fourth-order valence-electron chi connectivity index (χ4n) is 4.08. The fraction of sp³-hybridized carbons (Fsp3) is 0.526. The quantitative estimate of drug-likeness (QED) is 0.850. The molecule has 2 aliphatic rings. The minimum Gasteiger partial charge on any atom is -0.345 e. The van der Waals surface area contributed by atoms with Crippen LogP contribution >= 0.6 is 0 Å². The minimum absolute atomic E-state index is 0.0587. The van der Waals surface area contributed by atoms with Gasteiger partial charge in [0.15, 0.2) is 0 Å². The van der Waals surface area contributed by atoms with E-state index in [0.29, 0.717) is 12.4 Å². The zero-order valence-corrected chi connectivity index (χ0v) is 16.3. The van der Waals surface area contributed by atoms with Crippen molar-refractivity contribution in [3.8, 4) is 0 Å². The molecule has 2 aromatic heterocycles. The number of carbonyl (C=O) groups excluding carboxylic acids is 2. The summed E-state index contributed by atoms with van der Waals surface area (Å²) < 4.78 is 1.95. The Morgan fingerprint density at radius 3 is 2.57 bits per heavy atom. The molecule has 4 rings (SSSR count). The maximum atomic E-state index is 12.6. The van der Waals surface area contributed by atoms with Crippen LogP contribution in [0.2, 0.25) is 0 Å². The normalized spacial score (nSPS) is 17.4. The van der Waals surface area contributed by atoms with E-state index in [4.69, 9.17) is 0 Å². The largest absolute Gasteiger partial charge is 0.345 e. The topological polar surface area (TPSA) is 96.2 Å². The number of pyridine rings is 1. The van der Waals surface area contributed by atoms with E-state index in [1.807, 2.05) is 21.6 Å². The lowest BCUT2D eigenvalue weighted by molar-refractivity contribution is 0.0918. The van der Waals surface area contributed by atoms with Gasteiger partial charge in [-0.3, -0.25) is 9.78 Å². The van der Waals surface area contributed by atoms with Crippen molar-refractivity contribution in [2.45, 2.75) is 32.4 Å². The third kappa shape index (κ3) is 3.44. The maximum Gasteiger partial charge on any atom is 0.319 e. The molecule has 0 atom stereocenters. The van der Waals surface area contributed by atoms with E-state index in [1.165, 1.54) is 0 Å². The van der Waals surface area contributed by atoms with E-state index in [2.05, 4.69) is 20.5 Å². The molecule has 1 fully saturated rings. The zero-order chi connectivity index (χ0) is 19.7. The van der Waals surface area contributed by atoms with Gasteiger partial charge in [0, 0.05) is 59.1 Å². The molecule has 0 aliphatic carbocycles. The molecule has 0 saturated carbocycles. The highest BCUT2D eigenvalue weighted by Gasteiger charge is 2.43. The smallest absolute Gasteiger partial charge is 0.319 e. The van der Waals surface area contributed by atoms with Gasteiger partial charge in [-0.25, -0.2) is 4.79 Å². The number of likely N-dealkylation sites (tertiary alicyclic amines) is 1. The van der Waals surface area contributed by atoms with Gasteiger partial charge in [-0.1, -0.05) is 0 Å². The molecule has 3 amide bonds. The van der Waals surface area contributed by atoms with E-state index in [1.54, 1.807) is 31.4 Å². The van der Waals surface area contributed by atoms with Crippen molar-refractivity contribution >= 4 is 11.9 Å². The predicted molar refractivity (Wildman–Crippen MR) is 101 cm³/mol. The highest BCUT2D eigenvalue weighted by atomic mass is 16.2. The van der Waals surface area contributed by atoms with Gasteiger partial charge in [-0.2, -0.15) is 0 Å². The number of carbonyl (C=O) groups is 2. The van der Waals surface area contributed by atoms with Crippen LogP contribution in [0.5, 0.6) is 0 Å². The van der Waals surface area contributed by atoms with Crippen LogP contribution in [0, 0.1) is 5.41 Å². The molecule has 4 heterocycles. The summed E-state index contributed by atoms with van der Waals surface area (Å²) in [4.78, 5) is 32.3. The Kier molecular flexibility index (Phi) is 4.74. The van der Waals surface area contributed by atoms with Crippen molar-refractivity contribution in [3.63, 3.8) is 0 Å². The summed E-state index contributed by atoms with van der Waals surface area (Å²) in [6.45, 7) is 2.63. The summed E-state index contributed by atoms with van der Waals surface area (Å²) in [6, 6.07) is 3.79. The number of piperidine rings is 1. The number of urea groups is 1. The van der Waals surface area contributed by atoms with Gasteiger partial charge in [0.25, 0.3) is 5.91 Å². The Balaban J connectivity index is 1.39. The molecule has 1 N–H and O–H groups in total. The lowest BCUT2D eigenvalue weighted by Crippen LogP contribution is -2.47. The van der Waals surface area contributed by atoms with Gasteiger partial charge in [0.05, 0.1) is 0 Å². The molecule has 9 nitrogen and oxygen atoms in total. The summed E-state index contributed by atoms with van der Waals surface area (Å²) >= 11 is 0. The molecule has 148 valence electrons. The van der Waals surface area contributed by atoms with Gasteiger partial charge in [-0.05, 0) is 36.0 Å². The third-order valence-corrected chi connectivity index (χ3v) is 5.74. The van der Waals surface area contributed by atoms with E-state index in [9.17, 15) is 9.59 Å². The second kappa shape index (κ2) is 7.21. The van der Waals surface area contributed by atoms with Crippen molar-refractivity contribution in [1.29, 1.82) is 0 Å². The van der Waals surface area contributed by atoms with E-state index < -0.39 is 0 Å². The third-order valence-electron chi connectivity index (χ3n) is 5.74. The van der Waals surface area contributed by atoms with Crippen molar-refractivity contribution in [2.75, 3.05) is 27.2 Å². The number of amides is 3. The van der Waals surface area contributed by atoms with Crippen molar-refractivity contribution in [2.24, 2.45) is 5.41 Å².